The van der Waals surface area contributed by atoms with Crippen molar-refractivity contribution in [1.82, 2.24) is 9.88 Å². The van der Waals surface area contributed by atoms with Gasteiger partial charge in [-0.2, -0.15) is 0 Å². The molecular formula is C14H18N2OS. The van der Waals surface area contributed by atoms with Crippen LogP contribution in [-0.2, 0) is 20.1 Å². The standard InChI is InChI=1S/C14H18N2OS/c1-10-4-5-13(14(17)16(10)3)8-15-7-12-6-11(2)18-9-12/h4-6,9,15H,7-8H2,1-3H3. The van der Waals surface area contributed by atoms with E-state index in [-0.39, 0.29) is 5.56 Å². The van der Waals surface area contributed by atoms with E-state index in [4.69, 9.17) is 0 Å². The number of nitrogens with one attached hydrogen (secondary N) is 1. The van der Waals surface area contributed by atoms with Crippen LogP contribution in [0.3, 0.4) is 0 Å². The maximum Gasteiger partial charge on any atom is 0.254 e. The number of hydrogen-bond acceptors (Lipinski definition) is 3. The van der Waals surface area contributed by atoms with Crippen molar-refractivity contribution in [3.05, 3.63) is 55.6 Å². The minimum absolute atomic E-state index is 0.0870. The van der Waals surface area contributed by atoms with Gasteiger partial charge in [-0.1, -0.05) is 6.07 Å². The van der Waals surface area contributed by atoms with E-state index in [2.05, 4.69) is 23.7 Å². The van der Waals surface area contributed by atoms with Gasteiger partial charge in [0.05, 0.1) is 0 Å². The zero-order valence-corrected chi connectivity index (χ0v) is 11.8. The summed E-state index contributed by atoms with van der Waals surface area (Å²) in [6, 6.07) is 6.06. The van der Waals surface area contributed by atoms with Crippen molar-refractivity contribution in [2.45, 2.75) is 26.9 Å². The molecule has 0 bridgehead atoms. The summed E-state index contributed by atoms with van der Waals surface area (Å²) in [4.78, 5) is 13.3. The summed E-state index contributed by atoms with van der Waals surface area (Å²) < 4.78 is 1.69. The van der Waals surface area contributed by atoms with Crippen molar-refractivity contribution < 1.29 is 0 Å². The second-order valence-corrected chi connectivity index (χ2v) is 5.65. The SMILES string of the molecule is Cc1cc(CNCc2ccc(C)n(C)c2=O)cs1. The Balaban J connectivity index is 1.99. The van der Waals surface area contributed by atoms with Crippen LogP contribution in [0.5, 0.6) is 0 Å². The third-order valence-electron chi connectivity index (χ3n) is 3.06. The fourth-order valence-electron chi connectivity index (χ4n) is 1.85. The Hall–Kier alpha value is -1.39. The Morgan fingerprint density at radius 3 is 2.72 bits per heavy atom. The quantitative estimate of drug-likeness (QED) is 0.917. The van der Waals surface area contributed by atoms with Gasteiger partial charge in [0.15, 0.2) is 0 Å². The lowest BCUT2D eigenvalue weighted by atomic mass is 10.2. The van der Waals surface area contributed by atoms with E-state index in [0.29, 0.717) is 6.54 Å². The first-order valence-electron chi connectivity index (χ1n) is 5.98. The summed E-state index contributed by atoms with van der Waals surface area (Å²) in [6.45, 7) is 5.46. The first-order chi connectivity index (χ1) is 8.58. The zero-order valence-electron chi connectivity index (χ0n) is 11.0. The van der Waals surface area contributed by atoms with E-state index >= 15 is 0 Å². The van der Waals surface area contributed by atoms with E-state index in [0.717, 1.165) is 17.8 Å². The average Bonchev–Trinajstić information content (AvgIpc) is 2.75. The van der Waals surface area contributed by atoms with Gasteiger partial charge in [-0.15, -0.1) is 11.3 Å². The van der Waals surface area contributed by atoms with E-state index in [1.807, 2.05) is 26.1 Å². The van der Waals surface area contributed by atoms with Gasteiger partial charge in [0, 0.05) is 36.3 Å². The maximum absolute atomic E-state index is 12.0. The van der Waals surface area contributed by atoms with E-state index < -0.39 is 0 Å². The Kier molecular flexibility index (Phi) is 3.99. The van der Waals surface area contributed by atoms with Gasteiger partial charge in [-0.3, -0.25) is 4.79 Å². The number of thiophene rings is 1. The highest BCUT2D eigenvalue weighted by molar-refractivity contribution is 7.10. The number of aromatic nitrogens is 1. The predicted molar refractivity (Wildman–Crippen MR) is 76.0 cm³/mol. The normalized spacial score (nSPS) is 10.8. The van der Waals surface area contributed by atoms with Crippen molar-refractivity contribution in [2.75, 3.05) is 0 Å². The Morgan fingerprint density at radius 2 is 2.06 bits per heavy atom. The van der Waals surface area contributed by atoms with Crippen LogP contribution in [-0.4, -0.2) is 4.57 Å². The van der Waals surface area contributed by atoms with Crippen molar-refractivity contribution in [2.24, 2.45) is 7.05 Å². The molecule has 0 aliphatic heterocycles. The van der Waals surface area contributed by atoms with Crippen LogP contribution in [0.1, 0.15) is 21.7 Å². The van der Waals surface area contributed by atoms with E-state index in [1.54, 1.807) is 15.9 Å². The van der Waals surface area contributed by atoms with Gasteiger partial charge >= 0.3 is 0 Å². The molecule has 0 unspecified atom stereocenters. The summed E-state index contributed by atoms with van der Waals surface area (Å²) in [5.41, 5.74) is 3.16. The molecule has 0 radical (unpaired) electrons. The number of pyridine rings is 1. The lowest BCUT2D eigenvalue weighted by Crippen LogP contribution is -2.26. The van der Waals surface area contributed by atoms with E-state index in [1.165, 1.54) is 10.4 Å². The van der Waals surface area contributed by atoms with Crippen LogP contribution >= 0.6 is 11.3 Å². The Bertz CT molecular complexity index is 598. The molecule has 0 saturated carbocycles. The molecule has 0 saturated heterocycles. The average molecular weight is 262 g/mol. The number of nitrogens with zero attached hydrogens (tertiary/aromatic N) is 1. The molecule has 1 N–H and O–H groups in total. The molecule has 0 aromatic carbocycles. The third kappa shape index (κ3) is 2.89. The van der Waals surface area contributed by atoms with Crippen LogP contribution in [0.15, 0.2) is 28.4 Å². The van der Waals surface area contributed by atoms with Crippen LogP contribution in [0.25, 0.3) is 0 Å². The molecule has 3 nitrogen and oxygen atoms in total. The highest BCUT2D eigenvalue weighted by Gasteiger charge is 2.03. The molecule has 2 aromatic rings. The molecular weight excluding hydrogens is 244 g/mol. The Labute approximate surface area is 111 Å². The highest BCUT2D eigenvalue weighted by Crippen LogP contribution is 2.12. The summed E-state index contributed by atoms with van der Waals surface area (Å²) in [5, 5.41) is 5.46. The summed E-state index contributed by atoms with van der Waals surface area (Å²) in [6.07, 6.45) is 0. The van der Waals surface area contributed by atoms with Crippen LogP contribution in [0.4, 0.5) is 0 Å². The van der Waals surface area contributed by atoms with Gasteiger partial charge in [-0.05, 0) is 36.9 Å². The van der Waals surface area contributed by atoms with Gasteiger partial charge in [0.25, 0.3) is 5.56 Å². The van der Waals surface area contributed by atoms with Crippen LogP contribution < -0.4 is 10.9 Å². The molecule has 0 aliphatic carbocycles. The second kappa shape index (κ2) is 5.50. The number of aryl methyl sites for hydroxylation is 2. The van der Waals surface area contributed by atoms with Crippen LogP contribution in [0, 0.1) is 13.8 Å². The highest BCUT2D eigenvalue weighted by atomic mass is 32.1. The molecule has 2 heterocycles. The van der Waals surface area contributed by atoms with Crippen molar-refractivity contribution >= 4 is 11.3 Å². The van der Waals surface area contributed by atoms with Gasteiger partial charge in [0.1, 0.15) is 0 Å². The third-order valence-corrected chi connectivity index (χ3v) is 3.97. The minimum Gasteiger partial charge on any atom is -0.316 e. The fraction of sp³-hybridized carbons (Fsp3) is 0.357. The maximum atomic E-state index is 12.0. The molecule has 0 spiro atoms. The van der Waals surface area contributed by atoms with E-state index in [9.17, 15) is 4.79 Å². The predicted octanol–water partition coefficient (Wildman–Crippen LogP) is 2.35. The molecule has 96 valence electrons. The van der Waals surface area contributed by atoms with Crippen LogP contribution in [0.2, 0.25) is 0 Å². The summed E-state index contributed by atoms with van der Waals surface area (Å²) in [7, 11) is 1.81. The van der Waals surface area contributed by atoms with Crippen molar-refractivity contribution in [3.8, 4) is 0 Å². The first kappa shape index (κ1) is 13.1. The van der Waals surface area contributed by atoms with Gasteiger partial charge in [0.2, 0.25) is 0 Å². The molecule has 2 aromatic heterocycles. The summed E-state index contributed by atoms with van der Waals surface area (Å²) >= 11 is 1.75. The molecule has 0 atom stereocenters. The monoisotopic (exact) mass is 262 g/mol. The van der Waals surface area contributed by atoms with Crippen molar-refractivity contribution in [3.63, 3.8) is 0 Å². The summed E-state index contributed by atoms with van der Waals surface area (Å²) in [5.74, 6) is 0. The van der Waals surface area contributed by atoms with Crippen molar-refractivity contribution in [1.29, 1.82) is 0 Å². The Morgan fingerprint density at radius 1 is 1.28 bits per heavy atom. The number of rotatable bonds is 4. The largest absolute Gasteiger partial charge is 0.316 e. The molecule has 4 heteroatoms. The lowest BCUT2D eigenvalue weighted by molar-refractivity contribution is 0.676. The van der Waals surface area contributed by atoms with Gasteiger partial charge < -0.3 is 9.88 Å². The molecule has 2 rings (SSSR count). The first-order valence-corrected chi connectivity index (χ1v) is 6.86. The molecule has 0 amide bonds. The fourth-order valence-corrected chi connectivity index (χ4v) is 2.55. The lowest BCUT2D eigenvalue weighted by Gasteiger charge is -2.07. The molecule has 18 heavy (non-hydrogen) atoms. The number of hydrogen-bond donors (Lipinski definition) is 1. The smallest absolute Gasteiger partial charge is 0.254 e. The molecule has 0 aliphatic rings. The zero-order chi connectivity index (χ0) is 13.1. The minimum atomic E-state index is 0.0870. The second-order valence-electron chi connectivity index (χ2n) is 4.53. The topological polar surface area (TPSA) is 34.0 Å². The molecule has 0 fully saturated rings. The van der Waals surface area contributed by atoms with Gasteiger partial charge in [-0.25, -0.2) is 0 Å².